The van der Waals surface area contributed by atoms with E-state index in [2.05, 4.69) is 10.3 Å². The number of amides is 1. The van der Waals surface area contributed by atoms with Crippen LogP contribution in [0.1, 0.15) is 23.3 Å². The molecule has 2 aromatic rings. The van der Waals surface area contributed by atoms with Crippen molar-refractivity contribution in [1.29, 1.82) is 0 Å². The van der Waals surface area contributed by atoms with E-state index in [1.807, 2.05) is 38.1 Å². The van der Waals surface area contributed by atoms with E-state index in [1.54, 1.807) is 0 Å². The van der Waals surface area contributed by atoms with Crippen LogP contribution in [-0.4, -0.2) is 34.2 Å². The van der Waals surface area contributed by atoms with Gasteiger partial charge < -0.3 is 15.2 Å². The first-order chi connectivity index (χ1) is 12.4. The molecule has 0 unspecified atom stereocenters. The van der Waals surface area contributed by atoms with E-state index in [0.29, 0.717) is 11.6 Å². The van der Waals surface area contributed by atoms with Gasteiger partial charge in [0, 0.05) is 10.4 Å². The van der Waals surface area contributed by atoms with Crippen molar-refractivity contribution in [3.63, 3.8) is 0 Å². The molecular weight excluding hydrogens is 352 g/mol. The third-order valence-electron chi connectivity index (χ3n) is 5.21. The van der Waals surface area contributed by atoms with Crippen LogP contribution in [0.25, 0.3) is 11.3 Å². The highest BCUT2D eigenvalue weighted by molar-refractivity contribution is 7.16. The van der Waals surface area contributed by atoms with Crippen molar-refractivity contribution in [2.45, 2.75) is 38.9 Å². The third kappa shape index (κ3) is 2.91. The van der Waals surface area contributed by atoms with E-state index in [1.165, 1.54) is 16.9 Å². The van der Waals surface area contributed by atoms with Gasteiger partial charge >= 0.3 is 5.97 Å². The van der Waals surface area contributed by atoms with Crippen molar-refractivity contribution in [3.05, 3.63) is 34.7 Å². The van der Waals surface area contributed by atoms with Gasteiger partial charge in [-0.3, -0.25) is 9.59 Å². The van der Waals surface area contributed by atoms with Crippen LogP contribution >= 0.6 is 11.3 Å². The van der Waals surface area contributed by atoms with Gasteiger partial charge in [0.15, 0.2) is 5.13 Å². The summed E-state index contributed by atoms with van der Waals surface area (Å²) >= 11 is 1.40. The fraction of sp³-hybridized carbons (Fsp3) is 0.421. The number of hydrogen-bond donors (Lipinski definition) is 2. The molecule has 136 valence electrons. The number of rotatable bonds is 4. The zero-order chi connectivity index (χ0) is 18.4. The molecule has 6 nitrogen and oxygen atoms in total. The van der Waals surface area contributed by atoms with Crippen LogP contribution in [0.5, 0.6) is 0 Å². The highest BCUT2D eigenvalue weighted by Crippen LogP contribution is 2.44. The Morgan fingerprint density at radius 3 is 2.46 bits per heavy atom. The monoisotopic (exact) mass is 372 g/mol. The Hall–Kier alpha value is -2.25. The molecule has 7 heteroatoms. The molecule has 0 radical (unpaired) electrons. The summed E-state index contributed by atoms with van der Waals surface area (Å²) in [5.41, 5.74) is 3.01. The predicted molar refractivity (Wildman–Crippen MR) is 98.2 cm³/mol. The molecule has 2 aliphatic rings. The third-order valence-corrected chi connectivity index (χ3v) is 6.10. The normalized spacial score (nSPS) is 26.8. The molecule has 3 heterocycles. The van der Waals surface area contributed by atoms with Gasteiger partial charge in [-0.2, -0.15) is 0 Å². The molecule has 1 aromatic heterocycles. The number of aryl methyl sites for hydroxylation is 2. The highest BCUT2D eigenvalue weighted by atomic mass is 32.1. The maximum atomic E-state index is 12.7. The summed E-state index contributed by atoms with van der Waals surface area (Å²) in [4.78, 5) is 29.8. The van der Waals surface area contributed by atoms with E-state index in [0.717, 1.165) is 22.6 Å². The number of carboxylic acid groups (broad SMARTS) is 1. The minimum absolute atomic E-state index is 0.307. The zero-order valence-electron chi connectivity index (χ0n) is 14.6. The average Bonchev–Trinajstić information content (AvgIpc) is 3.29. The van der Waals surface area contributed by atoms with Crippen molar-refractivity contribution >= 4 is 28.3 Å². The van der Waals surface area contributed by atoms with Crippen molar-refractivity contribution in [1.82, 2.24) is 4.98 Å². The Balaban J connectivity index is 1.54. The van der Waals surface area contributed by atoms with Gasteiger partial charge in [-0.1, -0.05) is 29.8 Å². The number of aliphatic carboxylic acids is 1. The number of nitrogens with one attached hydrogen (secondary N) is 1. The molecule has 2 aliphatic heterocycles. The number of carbonyl (C=O) groups is 2. The Labute approximate surface area is 155 Å². The second-order valence-electron chi connectivity index (χ2n) is 6.96. The van der Waals surface area contributed by atoms with Crippen LogP contribution in [0.3, 0.4) is 0 Å². The van der Waals surface area contributed by atoms with Crippen LogP contribution in [0, 0.1) is 25.7 Å². The number of hydrogen-bond acceptors (Lipinski definition) is 5. The molecule has 2 fully saturated rings. The van der Waals surface area contributed by atoms with Crippen LogP contribution < -0.4 is 5.32 Å². The number of nitrogens with zero attached hydrogens (tertiary/aromatic N) is 1. The lowest BCUT2D eigenvalue weighted by Gasteiger charge is -2.23. The molecule has 1 aromatic carbocycles. The Morgan fingerprint density at radius 2 is 1.81 bits per heavy atom. The molecule has 2 saturated heterocycles. The number of carbonyl (C=O) groups excluding carboxylic acids is 1. The summed E-state index contributed by atoms with van der Waals surface area (Å²) in [5, 5.41) is 12.8. The summed E-state index contributed by atoms with van der Waals surface area (Å²) in [6.07, 6.45) is 0.783. The maximum absolute atomic E-state index is 12.7. The summed E-state index contributed by atoms with van der Waals surface area (Å²) in [7, 11) is 0. The zero-order valence-corrected chi connectivity index (χ0v) is 15.4. The topological polar surface area (TPSA) is 88.5 Å². The lowest BCUT2D eigenvalue weighted by molar-refractivity contribution is -0.147. The molecular formula is C19H20N2O4S. The maximum Gasteiger partial charge on any atom is 0.310 e. The molecule has 2 bridgehead atoms. The lowest BCUT2D eigenvalue weighted by Crippen LogP contribution is -2.40. The first-order valence-corrected chi connectivity index (χ1v) is 9.49. The molecule has 26 heavy (non-hydrogen) atoms. The summed E-state index contributed by atoms with van der Waals surface area (Å²) in [6.45, 7) is 3.99. The van der Waals surface area contributed by atoms with Gasteiger partial charge in [0.1, 0.15) is 0 Å². The molecule has 0 saturated carbocycles. The second-order valence-corrected chi connectivity index (χ2v) is 8.16. The van der Waals surface area contributed by atoms with E-state index in [-0.39, 0.29) is 18.1 Å². The minimum Gasteiger partial charge on any atom is -0.481 e. The van der Waals surface area contributed by atoms with E-state index >= 15 is 0 Å². The van der Waals surface area contributed by atoms with Gasteiger partial charge in [-0.15, -0.1) is 11.3 Å². The Bertz CT molecular complexity index is 861. The SMILES string of the molecule is Cc1ccc(-c2nc(NC(=O)[C@H]3[C@H](C(=O)O)[C@H]4CC[C@H]3O4)sc2C)cc1. The fourth-order valence-corrected chi connectivity index (χ4v) is 4.78. The number of fused-ring (bicyclic) bond motifs is 2. The van der Waals surface area contributed by atoms with Crippen molar-refractivity contribution in [2.75, 3.05) is 5.32 Å². The van der Waals surface area contributed by atoms with Crippen LogP contribution in [-0.2, 0) is 14.3 Å². The smallest absolute Gasteiger partial charge is 0.310 e. The largest absolute Gasteiger partial charge is 0.481 e. The highest BCUT2D eigenvalue weighted by Gasteiger charge is 2.55. The van der Waals surface area contributed by atoms with E-state index in [4.69, 9.17) is 4.74 Å². The molecule has 2 N–H and O–H groups in total. The van der Waals surface area contributed by atoms with Gasteiger partial charge in [-0.05, 0) is 26.7 Å². The van der Waals surface area contributed by atoms with Crippen LogP contribution in [0.15, 0.2) is 24.3 Å². The first kappa shape index (κ1) is 17.2. The summed E-state index contributed by atoms with van der Waals surface area (Å²) < 4.78 is 5.67. The molecule has 0 spiro atoms. The van der Waals surface area contributed by atoms with Gasteiger partial charge in [-0.25, -0.2) is 4.98 Å². The van der Waals surface area contributed by atoms with E-state index in [9.17, 15) is 14.7 Å². The Morgan fingerprint density at radius 1 is 1.15 bits per heavy atom. The summed E-state index contributed by atoms with van der Waals surface area (Å²) in [6, 6.07) is 8.06. The number of carboxylic acids is 1. The van der Waals surface area contributed by atoms with Crippen LogP contribution in [0.2, 0.25) is 0 Å². The van der Waals surface area contributed by atoms with Crippen molar-refractivity contribution < 1.29 is 19.4 Å². The summed E-state index contributed by atoms with van der Waals surface area (Å²) in [5.74, 6) is -2.70. The van der Waals surface area contributed by atoms with E-state index < -0.39 is 17.8 Å². The number of aromatic nitrogens is 1. The average molecular weight is 372 g/mol. The lowest BCUT2D eigenvalue weighted by atomic mass is 9.79. The minimum atomic E-state index is -0.965. The van der Waals surface area contributed by atoms with Gasteiger partial charge in [0.2, 0.25) is 5.91 Å². The number of ether oxygens (including phenoxy) is 1. The Kier molecular flexibility index (Phi) is 4.28. The quantitative estimate of drug-likeness (QED) is 0.860. The first-order valence-electron chi connectivity index (χ1n) is 8.67. The van der Waals surface area contributed by atoms with Crippen molar-refractivity contribution in [2.24, 2.45) is 11.8 Å². The van der Waals surface area contributed by atoms with Gasteiger partial charge in [0.05, 0.1) is 29.7 Å². The van der Waals surface area contributed by atoms with Crippen molar-refractivity contribution in [3.8, 4) is 11.3 Å². The molecule has 4 rings (SSSR count). The standard InChI is InChI=1S/C19H20N2O4S/c1-9-3-5-11(6-4-9)16-10(2)26-19(20-16)21-17(22)14-12-7-8-13(25-12)15(14)18(23)24/h3-6,12-15H,7-8H2,1-2H3,(H,23,24)(H,20,21,22)/t12-,13-,14-,15-/m1/s1. The van der Waals surface area contributed by atoms with Crippen LogP contribution in [0.4, 0.5) is 5.13 Å². The number of thiazole rings is 1. The second kappa shape index (κ2) is 6.48. The predicted octanol–water partition coefficient (Wildman–Crippen LogP) is 3.24. The molecule has 1 amide bonds. The fourth-order valence-electron chi connectivity index (χ4n) is 3.94. The molecule has 4 atom stereocenters. The molecule has 0 aliphatic carbocycles. The number of anilines is 1. The van der Waals surface area contributed by atoms with Gasteiger partial charge in [0.25, 0.3) is 0 Å². The number of benzene rings is 1.